The molecule has 15 heterocycles. The van der Waals surface area contributed by atoms with Crippen molar-refractivity contribution < 1.29 is 56.1 Å². The standard InChI is InChI=1S/2C23H25FN6O3S.C17H18FN7OS.C5H7ClO2/c2*1-12(16-6-17(24)8-25-7-16)26-23-28-19(20-21(29-23)27-13(2)34-20)22(32)30-9-14(10-30)5-18(31)15-3-4-33-11-15;1-8(10-3-11(18)5-20-4-10)21-17-23-13(16(26)25-6-12(19)7-25)14-15(24-17)22-9(2)27-14;6-5(7)4-1-2-8-3-4/h2*6-8,12,14-15H,3-5,9-11H2,1-2H3,(H,26,28,29);3-5,8,12H,6-7,19H2,1-2H3,(H,21,23,24);4H,1-3H2/t2*12-,15?;8-;/m000./s1. The van der Waals surface area contributed by atoms with Gasteiger partial charge in [0.15, 0.2) is 34.0 Å². The van der Waals surface area contributed by atoms with Crippen LogP contribution < -0.4 is 21.7 Å². The molecular weight excluding hydrogens is 1420 g/mol. The molecule has 0 radical (unpaired) electrons. The summed E-state index contributed by atoms with van der Waals surface area (Å²) in [6.45, 7) is 17.7. The number of carbonyl (C=O) groups excluding carboxylic acids is 6. The van der Waals surface area contributed by atoms with E-state index in [0.29, 0.717) is 145 Å². The molecule has 6 aliphatic heterocycles. The summed E-state index contributed by atoms with van der Waals surface area (Å²) in [7, 11) is 0. The van der Waals surface area contributed by atoms with Crippen LogP contribution in [0.1, 0.15) is 134 Å². The van der Waals surface area contributed by atoms with Gasteiger partial charge in [-0.2, -0.15) is 15.0 Å². The number of ether oxygens (including phenoxy) is 3. The number of nitrogens with zero attached hydrogens (tertiary/aromatic N) is 15. The van der Waals surface area contributed by atoms with Crippen molar-refractivity contribution in [1.82, 2.24) is 74.5 Å². The summed E-state index contributed by atoms with van der Waals surface area (Å²) >= 11 is 9.30. The van der Waals surface area contributed by atoms with Crippen molar-refractivity contribution in [2.75, 3.05) is 94.9 Å². The summed E-state index contributed by atoms with van der Waals surface area (Å²) < 4.78 is 58.0. The van der Waals surface area contributed by atoms with Gasteiger partial charge in [0, 0.05) is 120 Å². The number of hydrogen-bond donors (Lipinski definition) is 4. The highest BCUT2D eigenvalue weighted by Crippen LogP contribution is 2.34. The summed E-state index contributed by atoms with van der Waals surface area (Å²) in [5.74, 6) is -0.384. The fourth-order valence-electron chi connectivity index (χ4n) is 12.3. The lowest BCUT2D eigenvalue weighted by atomic mass is 9.89. The number of halogens is 4. The molecule has 6 atom stereocenters. The van der Waals surface area contributed by atoms with Crippen LogP contribution in [0.15, 0.2) is 55.4 Å². The molecule has 6 saturated heterocycles. The van der Waals surface area contributed by atoms with Crippen LogP contribution in [0.2, 0.25) is 0 Å². The van der Waals surface area contributed by atoms with E-state index in [4.69, 9.17) is 31.5 Å². The molecular formula is C68H75ClF3N19O9S3. The Bertz CT molecular complexity index is 4430. The first kappa shape index (κ1) is 73.8. The van der Waals surface area contributed by atoms with Gasteiger partial charge in [-0.3, -0.25) is 43.7 Å². The molecule has 0 aromatic carbocycles. The highest BCUT2D eigenvalue weighted by atomic mass is 35.5. The van der Waals surface area contributed by atoms with Crippen molar-refractivity contribution in [2.45, 2.75) is 97.8 Å². The second-order valence-electron chi connectivity index (χ2n) is 26.2. The maximum atomic E-state index is 13.6. The number of nitrogens with two attached hydrogens (primary N) is 1. The molecule has 9 aromatic rings. The van der Waals surface area contributed by atoms with Crippen LogP contribution in [0.3, 0.4) is 0 Å². The Balaban J connectivity index is 0.000000139. The van der Waals surface area contributed by atoms with Crippen molar-refractivity contribution >= 4 is 129 Å². The van der Waals surface area contributed by atoms with Crippen molar-refractivity contribution in [3.63, 3.8) is 0 Å². The van der Waals surface area contributed by atoms with E-state index in [9.17, 15) is 41.9 Å². The number of anilines is 3. The van der Waals surface area contributed by atoms with Crippen LogP contribution in [0, 0.1) is 67.8 Å². The molecule has 6 aliphatic rings. The Kier molecular flexibility index (Phi) is 23.5. The molecule has 5 N–H and O–H groups in total. The molecule has 15 rings (SSSR count). The number of pyridine rings is 3. The lowest BCUT2D eigenvalue weighted by Crippen LogP contribution is -2.58. The number of ketones is 2. The van der Waals surface area contributed by atoms with Gasteiger partial charge in [-0.05, 0) is 107 Å². The lowest BCUT2D eigenvalue weighted by molar-refractivity contribution is -0.125. The van der Waals surface area contributed by atoms with Crippen LogP contribution >= 0.6 is 45.6 Å². The van der Waals surface area contributed by atoms with Crippen molar-refractivity contribution in [3.8, 4) is 0 Å². The van der Waals surface area contributed by atoms with Gasteiger partial charge in [-0.1, -0.05) is 0 Å². The lowest BCUT2D eigenvalue weighted by Gasteiger charge is -2.39. The highest BCUT2D eigenvalue weighted by Gasteiger charge is 2.39. The van der Waals surface area contributed by atoms with Gasteiger partial charge in [-0.25, -0.2) is 43.1 Å². The van der Waals surface area contributed by atoms with Gasteiger partial charge in [0.2, 0.25) is 23.1 Å². The molecule has 28 nitrogen and oxygen atoms in total. The van der Waals surface area contributed by atoms with Crippen LogP contribution in [0.5, 0.6) is 0 Å². The Morgan fingerprint density at radius 3 is 1.07 bits per heavy atom. The second-order valence-corrected chi connectivity index (χ2v) is 30.2. The minimum Gasteiger partial charge on any atom is -0.381 e. The van der Waals surface area contributed by atoms with Crippen molar-refractivity contribution in [2.24, 2.45) is 35.3 Å². The number of nitrogens with one attached hydrogen (secondary N) is 3. The quantitative estimate of drug-likeness (QED) is 0.0548. The van der Waals surface area contributed by atoms with E-state index >= 15 is 0 Å². The molecule has 542 valence electrons. The zero-order valence-electron chi connectivity index (χ0n) is 57.1. The first-order chi connectivity index (χ1) is 49.4. The zero-order valence-corrected chi connectivity index (χ0v) is 60.3. The smallest absolute Gasteiger partial charge is 0.274 e. The fraction of sp³-hybridized carbons (Fsp3) is 0.471. The highest BCUT2D eigenvalue weighted by molar-refractivity contribution is 7.19. The first-order valence-electron chi connectivity index (χ1n) is 33.6. The number of hydrogen-bond acceptors (Lipinski definition) is 28. The number of carbonyl (C=O) groups is 6. The van der Waals surface area contributed by atoms with Crippen LogP contribution in [-0.4, -0.2) is 194 Å². The first-order valence-corrected chi connectivity index (χ1v) is 36.5. The number of aryl methyl sites for hydroxylation is 3. The minimum atomic E-state index is -0.431. The van der Waals surface area contributed by atoms with Crippen molar-refractivity contribution in [1.29, 1.82) is 0 Å². The van der Waals surface area contributed by atoms with Gasteiger partial charge in [0.25, 0.3) is 17.7 Å². The number of Topliss-reactive ketones (excluding diaryl/α,β-unsaturated/α-hetero) is 2. The topological polar surface area (TPSA) is 357 Å². The van der Waals surface area contributed by atoms with Gasteiger partial charge in [0.1, 0.15) is 43.1 Å². The SMILES string of the molecule is Cc1nc2nc(N[C@@H](C)c3cncc(F)c3)nc(C(=O)N3CC(CC(=O)C4CCOC4)C3)c2s1.Cc1nc2nc(N[C@@H](C)c3cncc(F)c3)nc(C(=O)N3CC(CC(=O)C4CCOC4)C3)c2s1.Cc1nc2nc(N[C@@H](C)c3cncc(F)c3)nc(C(=O)N3CC(N)C3)c2s1.O=C(Cl)C1CCOC1. The van der Waals surface area contributed by atoms with Crippen LogP contribution in [0.25, 0.3) is 31.0 Å². The Labute approximate surface area is 606 Å². The molecule has 3 unspecified atom stereocenters. The zero-order chi connectivity index (χ0) is 72.8. The summed E-state index contributed by atoms with van der Waals surface area (Å²) in [4.78, 5) is 131. The molecule has 35 heteroatoms. The van der Waals surface area contributed by atoms with E-state index in [1.165, 1.54) is 52.2 Å². The summed E-state index contributed by atoms with van der Waals surface area (Å²) in [6.07, 6.45) is 11.5. The van der Waals surface area contributed by atoms with E-state index in [-0.39, 0.29) is 118 Å². The van der Waals surface area contributed by atoms with Crippen LogP contribution in [-0.2, 0) is 28.6 Å². The number of rotatable bonds is 19. The Morgan fingerprint density at radius 1 is 0.485 bits per heavy atom. The predicted molar refractivity (Wildman–Crippen MR) is 378 cm³/mol. The molecule has 6 fully saturated rings. The average Bonchev–Trinajstić information content (AvgIpc) is 1.73. The van der Waals surface area contributed by atoms with Gasteiger partial charge < -0.3 is 50.6 Å². The van der Waals surface area contributed by atoms with E-state index in [1.54, 1.807) is 33.3 Å². The fourth-order valence-corrected chi connectivity index (χ4v) is 15.0. The monoisotopic (exact) mass is 1490 g/mol. The van der Waals surface area contributed by atoms with E-state index in [0.717, 1.165) is 52.9 Å². The number of fused-ring (bicyclic) bond motifs is 3. The third kappa shape index (κ3) is 18.2. The predicted octanol–water partition coefficient (Wildman–Crippen LogP) is 9.01. The van der Waals surface area contributed by atoms with Gasteiger partial charge >= 0.3 is 0 Å². The molecule has 9 aromatic heterocycles. The molecule has 0 bridgehead atoms. The van der Waals surface area contributed by atoms with E-state index in [2.05, 4.69) is 75.8 Å². The van der Waals surface area contributed by atoms with Crippen molar-refractivity contribution in [3.05, 3.63) is 122 Å². The van der Waals surface area contributed by atoms with Crippen LogP contribution in [0.4, 0.5) is 31.0 Å². The number of thiazole rings is 3. The van der Waals surface area contributed by atoms with E-state index < -0.39 is 17.5 Å². The summed E-state index contributed by atoms with van der Waals surface area (Å²) in [5, 5.41) is 11.5. The number of amides is 3. The molecule has 0 spiro atoms. The second kappa shape index (κ2) is 32.8. The molecule has 0 aliphatic carbocycles. The Morgan fingerprint density at radius 2 is 0.796 bits per heavy atom. The molecule has 103 heavy (non-hydrogen) atoms. The maximum Gasteiger partial charge on any atom is 0.274 e. The third-order valence-electron chi connectivity index (χ3n) is 18.1. The number of aromatic nitrogens is 12. The largest absolute Gasteiger partial charge is 0.381 e. The molecule has 3 amide bonds. The van der Waals surface area contributed by atoms with Gasteiger partial charge in [0.05, 0.1) is 77.5 Å². The van der Waals surface area contributed by atoms with Gasteiger partial charge in [-0.15, -0.1) is 34.0 Å². The third-order valence-corrected chi connectivity index (χ3v) is 21.3. The molecule has 0 saturated carbocycles. The normalized spacial score (nSPS) is 19.0. The Hall–Kier alpha value is -8.90. The minimum absolute atomic E-state index is 0.00433. The number of likely N-dealkylation sites (tertiary alicyclic amines) is 3. The maximum absolute atomic E-state index is 13.6. The summed E-state index contributed by atoms with van der Waals surface area (Å²) in [5.41, 5.74) is 9.95. The average molecular weight is 1490 g/mol. The van der Waals surface area contributed by atoms with E-state index in [1.807, 2.05) is 41.5 Å². The summed E-state index contributed by atoms with van der Waals surface area (Å²) in [6, 6.07) is 3.22.